The van der Waals surface area contributed by atoms with Crippen molar-refractivity contribution in [2.75, 3.05) is 0 Å². The molecule has 0 aliphatic heterocycles. The normalized spacial score (nSPS) is 14.2. The van der Waals surface area contributed by atoms with Crippen LogP contribution in [0.15, 0.2) is 24.3 Å². The summed E-state index contributed by atoms with van der Waals surface area (Å²) in [5.74, 6) is -0.165. The van der Waals surface area contributed by atoms with Crippen LogP contribution >= 0.6 is 0 Å². The van der Waals surface area contributed by atoms with Crippen molar-refractivity contribution in [3.8, 4) is 5.75 Å². The minimum atomic E-state index is -2.91. The summed E-state index contributed by atoms with van der Waals surface area (Å²) in [6, 6.07) is 4.73. The van der Waals surface area contributed by atoms with Gasteiger partial charge in [-0.1, -0.05) is 26.0 Å². The molecule has 2 unspecified atom stereocenters. The molecular formula is C13H17F2NO4. The van der Waals surface area contributed by atoms with Gasteiger partial charge in [0.05, 0.1) is 12.1 Å². The summed E-state index contributed by atoms with van der Waals surface area (Å²) in [7, 11) is 0. The molecule has 0 spiro atoms. The molecule has 0 fully saturated rings. The Balaban J connectivity index is 2.83. The SMILES string of the molecule is CC(C)C(NC(=O)O)C(O)c1ccc(OC(F)F)cc1. The lowest BCUT2D eigenvalue weighted by Crippen LogP contribution is -2.42. The van der Waals surface area contributed by atoms with E-state index in [1.54, 1.807) is 13.8 Å². The van der Waals surface area contributed by atoms with Gasteiger partial charge in [0, 0.05) is 0 Å². The molecule has 0 aromatic heterocycles. The fourth-order valence-electron chi connectivity index (χ4n) is 1.81. The molecule has 112 valence electrons. The van der Waals surface area contributed by atoms with Crippen molar-refractivity contribution in [1.82, 2.24) is 5.32 Å². The molecule has 5 nitrogen and oxygen atoms in total. The van der Waals surface area contributed by atoms with Gasteiger partial charge in [-0.25, -0.2) is 4.79 Å². The van der Waals surface area contributed by atoms with Crippen molar-refractivity contribution >= 4 is 6.09 Å². The highest BCUT2D eigenvalue weighted by Gasteiger charge is 2.25. The maximum Gasteiger partial charge on any atom is 0.404 e. The molecule has 0 radical (unpaired) electrons. The molecule has 3 N–H and O–H groups in total. The van der Waals surface area contributed by atoms with Crippen LogP contribution in [0, 0.1) is 5.92 Å². The molecule has 2 atom stereocenters. The van der Waals surface area contributed by atoms with Crippen LogP contribution in [0.1, 0.15) is 25.5 Å². The average Bonchev–Trinajstić information content (AvgIpc) is 2.35. The molecule has 0 heterocycles. The highest BCUT2D eigenvalue weighted by molar-refractivity contribution is 5.65. The van der Waals surface area contributed by atoms with Crippen molar-refractivity contribution in [2.24, 2.45) is 5.92 Å². The van der Waals surface area contributed by atoms with Gasteiger partial charge in [0.2, 0.25) is 0 Å². The molecule has 1 amide bonds. The number of ether oxygens (including phenoxy) is 1. The van der Waals surface area contributed by atoms with Gasteiger partial charge in [-0.2, -0.15) is 8.78 Å². The second-order valence-corrected chi connectivity index (χ2v) is 4.61. The smallest absolute Gasteiger partial charge is 0.404 e. The minimum Gasteiger partial charge on any atom is -0.465 e. The summed E-state index contributed by atoms with van der Waals surface area (Å²) in [4.78, 5) is 10.7. The minimum absolute atomic E-state index is 0.0248. The number of benzene rings is 1. The van der Waals surface area contributed by atoms with E-state index in [9.17, 15) is 18.7 Å². The van der Waals surface area contributed by atoms with Gasteiger partial charge in [-0.05, 0) is 23.6 Å². The Hall–Kier alpha value is -1.89. The summed E-state index contributed by atoms with van der Waals surface area (Å²) in [5.41, 5.74) is 0.416. The van der Waals surface area contributed by atoms with Crippen LogP contribution in [0.25, 0.3) is 0 Å². The van der Waals surface area contributed by atoms with E-state index in [0.717, 1.165) is 0 Å². The highest BCUT2D eigenvalue weighted by atomic mass is 19.3. The zero-order valence-corrected chi connectivity index (χ0v) is 11.1. The van der Waals surface area contributed by atoms with E-state index in [1.807, 2.05) is 0 Å². The highest BCUT2D eigenvalue weighted by Crippen LogP contribution is 2.24. The Morgan fingerprint density at radius 2 is 1.80 bits per heavy atom. The van der Waals surface area contributed by atoms with Crippen LogP contribution in [0.5, 0.6) is 5.75 Å². The number of rotatable bonds is 6. The number of carboxylic acid groups (broad SMARTS) is 1. The molecule has 0 aliphatic carbocycles. The van der Waals surface area contributed by atoms with E-state index in [2.05, 4.69) is 10.1 Å². The van der Waals surface area contributed by atoms with Gasteiger partial charge in [0.15, 0.2) is 0 Å². The van der Waals surface area contributed by atoms with E-state index in [-0.39, 0.29) is 11.7 Å². The number of alkyl halides is 2. The number of carbonyl (C=O) groups is 1. The first kappa shape index (κ1) is 16.2. The molecule has 1 aromatic carbocycles. The van der Waals surface area contributed by atoms with E-state index in [0.29, 0.717) is 5.56 Å². The Kier molecular flexibility index (Phi) is 5.69. The molecule has 0 saturated heterocycles. The zero-order valence-electron chi connectivity index (χ0n) is 11.1. The quantitative estimate of drug-likeness (QED) is 0.752. The van der Waals surface area contributed by atoms with Gasteiger partial charge in [-0.3, -0.25) is 0 Å². The van der Waals surface area contributed by atoms with E-state index < -0.39 is 24.9 Å². The van der Waals surface area contributed by atoms with Gasteiger partial charge >= 0.3 is 12.7 Å². The fourth-order valence-corrected chi connectivity index (χ4v) is 1.81. The molecule has 20 heavy (non-hydrogen) atoms. The summed E-state index contributed by atoms with van der Waals surface area (Å²) < 4.78 is 28.2. The van der Waals surface area contributed by atoms with E-state index >= 15 is 0 Å². The second-order valence-electron chi connectivity index (χ2n) is 4.61. The van der Waals surface area contributed by atoms with Gasteiger partial charge in [0.1, 0.15) is 5.75 Å². The second kappa shape index (κ2) is 7.04. The van der Waals surface area contributed by atoms with Crippen LogP contribution in [0.3, 0.4) is 0 Å². The number of aliphatic hydroxyl groups excluding tert-OH is 1. The fraction of sp³-hybridized carbons (Fsp3) is 0.462. The number of hydrogen-bond acceptors (Lipinski definition) is 3. The Labute approximate surface area is 115 Å². The summed E-state index contributed by atoms with van der Waals surface area (Å²) in [6.07, 6.45) is -2.31. The third-order valence-electron chi connectivity index (χ3n) is 2.80. The van der Waals surface area contributed by atoms with Gasteiger partial charge in [-0.15, -0.1) is 0 Å². The number of aliphatic hydroxyl groups is 1. The van der Waals surface area contributed by atoms with Crippen LogP contribution in [-0.2, 0) is 0 Å². The maximum atomic E-state index is 12.0. The van der Waals surface area contributed by atoms with Crippen LogP contribution in [-0.4, -0.2) is 29.0 Å². The lowest BCUT2D eigenvalue weighted by Gasteiger charge is -2.26. The lowest BCUT2D eigenvalue weighted by atomic mass is 9.93. The Morgan fingerprint density at radius 3 is 2.20 bits per heavy atom. The largest absolute Gasteiger partial charge is 0.465 e. The van der Waals surface area contributed by atoms with Gasteiger partial charge < -0.3 is 20.3 Å². The summed E-state index contributed by atoms with van der Waals surface area (Å²) in [6.45, 7) is 0.610. The maximum absolute atomic E-state index is 12.0. The first-order valence-corrected chi connectivity index (χ1v) is 6.03. The number of amides is 1. The summed E-state index contributed by atoms with van der Waals surface area (Å²) in [5, 5.41) is 21.1. The topological polar surface area (TPSA) is 78.8 Å². The number of nitrogens with one attached hydrogen (secondary N) is 1. The van der Waals surface area contributed by atoms with Crippen molar-refractivity contribution < 1.29 is 28.5 Å². The van der Waals surface area contributed by atoms with Crippen molar-refractivity contribution in [3.63, 3.8) is 0 Å². The summed E-state index contributed by atoms with van der Waals surface area (Å²) >= 11 is 0. The van der Waals surface area contributed by atoms with Gasteiger partial charge in [0.25, 0.3) is 0 Å². The van der Waals surface area contributed by atoms with Crippen LogP contribution in [0.2, 0.25) is 0 Å². The molecular weight excluding hydrogens is 272 g/mol. The van der Waals surface area contributed by atoms with Crippen LogP contribution in [0.4, 0.5) is 13.6 Å². The standard InChI is InChI=1S/C13H17F2NO4/c1-7(2)10(16-13(18)19)11(17)8-3-5-9(6-4-8)20-12(14)15/h3-7,10-12,16-17H,1-2H3,(H,18,19). The van der Waals surface area contributed by atoms with Crippen LogP contribution < -0.4 is 10.1 Å². The third-order valence-corrected chi connectivity index (χ3v) is 2.80. The van der Waals surface area contributed by atoms with Crippen molar-refractivity contribution in [2.45, 2.75) is 32.6 Å². The Bertz CT molecular complexity index is 437. The predicted octanol–water partition coefficient (Wildman–Crippen LogP) is 2.61. The van der Waals surface area contributed by atoms with E-state index in [4.69, 9.17) is 5.11 Å². The van der Waals surface area contributed by atoms with Crippen molar-refractivity contribution in [1.29, 1.82) is 0 Å². The van der Waals surface area contributed by atoms with Crippen molar-refractivity contribution in [3.05, 3.63) is 29.8 Å². The Morgan fingerprint density at radius 1 is 1.25 bits per heavy atom. The van der Waals surface area contributed by atoms with E-state index in [1.165, 1.54) is 24.3 Å². The first-order valence-electron chi connectivity index (χ1n) is 6.03. The predicted molar refractivity (Wildman–Crippen MR) is 67.8 cm³/mol. The lowest BCUT2D eigenvalue weighted by molar-refractivity contribution is -0.0498. The monoisotopic (exact) mass is 289 g/mol. The number of halogens is 2. The molecule has 1 rings (SSSR count). The molecule has 7 heteroatoms. The molecule has 0 saturated carbocycles. The molecule has 0 bridgehead atoms. The molecule has 0 aliphatic rings. The third kappa shape index (κ3) is 4.65. The average molecular weight is 289 g/mol. The molecule has 1 aromatic rings. The zero-order chi connectivity index (χ0) is 15.3. The number of hydrogen-bond donors (Lipinski definition) is 3. The first-order chi connectivity index (χ1) is 9.31.